The molecule has 2 aromatic rings. The second-order valence-corrected chi connectivity index (χ2v) is 5.04. The largest absolute Gasteiger partial charge is 0.308 e. The number of pyridine rings is 1. The Morgan fingerprint density at radius 2 is 2.00 bits per heavy atom. The Morgan fingerprint density at radius 1 is 1.25 bits per heavy atom. The van der Waals surface area contributed by atoms with Gasteiger partial charge in [-0.3, -0.25) is 9.78 Å². The quantitative estimate of drug-likeness (QED) is 0.855. The highest BCUT2D eigenvalue weighted by atomic mass is 19.1. The lowest BCUT2D eigenvalue weighted by molar-refractivity contribution is -0.119. The van der Waals surface area contributed by atoms with Gasteiger partial charge in [-0.05, 0) is 48.7 Å². The molecule has 0 N–H and O–H groups in total. The monoisotopic (exact) mass is 270 g/mol. The lowest BCUT2D eigenvalue weighted by atomic mass is 10.2. The SMILES string of the molecule is O=C(C1CC1)N(Cc1cccnc1)c1ccc(F)cc1. The highest BCUT2D eigenvalue weighted by molar-refractivity contribution is 5.96. The predicted molar refractivity (Wildman–Crippen MR) is 74.6 cm³/mol. The number of nitrogens with zero attached hydrogens (tertiary/aromatic N) is 2. The van der Waals surface area contributed by atoms with Crippen molar-refractivity contribution in [2.75, 3.05) is 4.90 Å². The van der Waals surface area contributed by atoms with Crippen LogP contribution in [-0.4, -0.2) is 10.9 Å². The van der Waals surface area contributed by atoms with Crippen molar-refractivity contribution in [1.29, 1.82) is 0 Å². The van der Waals surface area contributed by atoms with Crippen molar-refractivity contribution >= 4 is 11.6 Å². The third kappa shape index (κ3) is 2.85. The van der Waals surface area contributed by atoms with Crippen LogP contribution >= 0.6 is 0 Å². The molecule has 0 unspecified atom stereocenters. The van der Waals surface area contributed by atoms with E-state index in [9.17, 15) is 9.18 Å². The van der Waals surface area contributed by atoms with E-state index in [1.807, 2.05) is 12.1 Å². The Hall–Kier alpha value is -2.23. The molecule has 1 aliphatic carbocycles. The first kappa shape index (κ1) is 12.8. The summed E-state index contributed by atoms with van der Waals surface area (Å²) in [5.74, 6) is -0.0638. The number of hydrogen-bond acceptors (Lipinski definition) is 2. The van der Waals surface area contributed by atoms with Crippen LogP contribution in [0.1, 0.15) is 18.4 Å². The van der Waals surface area contributed by atoms with Crippen LogP contribution in [-0.2, 0) is 11.3 Å². The molecule has 0 atom stereocenters. The van der Waals surface area contributed by atoms with E-state index in [0.29, 0.717) is 6.54 Å². The molecule has 0 spiro atoms. The molecule has 1 aliphatic rings. The van der Waals surface area contributed by atoms with Gasteiger partial charge in [-0.25, -0.2) is 4.39 Å². The van der Waals surface area contributed by atoms with Crippen molar-refractivity contribution in [3.05, 3.63) is 60.2 Å². The molecular weight excluding hydrogens is 255 g/mol. The van der Waals surface area contributed by atoms with E-state index >= 15 is 0 Å². The van der Waals surface area contributed by atoms with Gasteiger partial charge in [0.25, 0.3) is 0 Å². The van der Waals surface area contributed by atoms with Gasteiger partial charge in [0.1, 0.15) is 5.82 Å². The number of carbonyl (C=O) groups is 1. The standard InChI is InChI=1S/C16H15FN2O/c17-14-5-7-15(8-6-14)19(16(20)13-3-4-13)11-12-2-1-9-18-10-12/h1-2,5-10,13H,3-4,11H2. The van der Waals surface area contributed by atoms with Crippen molar-refractivity contribution in [2.24, 2.45) is 5.92 Å². The number of rotatable bonds is 4. The van der Waals surface area contributed by atoms with Crippen molar-refractivity contribution < 1.29 is 9.18 Å². The molecule has 0 aliphatic heterocycles. The van der Waals surface area contributed by atoms with Crippen LogP contribution in [0.15, 0.2) is 48.8 Å². The van der Waals surface area contributed by atoms with E-state index < -0.39 is 0 Å². The molecule has 0 radical (unpaired) electrons. The van der Waals surface area contributed by atoms with Gasteiger partial charge >= 0.3 is 0 Å². The van der Waals surface area contributed by atoms with Crippen molar-refractivity contribution in [3.63, 3.8) is 0 Å². The molecule has 3 rings (SSSR count). The first-order valence-electron chi connectivity index (χ1n) is 6.70. The van der Waals surface area contributed by atoms with E-state index in [2.05, 4.69) is 4.98 Å². The van der Waals surface area contributed by atoms with Gasteiger partial charge in [0.2, 0.25) is 5.91 Å². The van der Waals surface area contributed by atoms with Gasteiger partial charge in [-0.15, -0.1) is 0 Å². The zero-order valence-electron chi connectivity index (χ0n) is 11.0. The Labute approximate surface area is 117 Å². The summed E-state index contributed by atoms with van der Waals surface area (Å²) in [6.45, 7) is 0.467. The van der Waals surface area contributed by atoms with E-state index in [-0.39, 0.29) is 17.6 Å². The number of anilines is 1. The molecule has 1 aromatic carbocycles. The summed E-state index contributed by atoms with van der Waals surface area (Å²) in [5.41, 5.74) is 1.69. The maximum atomic E-state index is 13.0. The summed E-state index contributed by atoms with van der Waals surface area (Å²) in [7, 11) is 0. The Balaban J connectivity index is 1.87. The number of halogens is 1. The summed E-state index contributed by atoms with van der Waals surface area (Å²) >= 11 is 0. The Bertz CT molecular complexity index is 594. The Morgan fingerprint density at radius 3 is 2.60 bits per heavy atom. The first-order chi connectivity index (χ1) is 9.74. The third-order valence-corrected chi connectivity index (χ3v) is 3.39. The lowest BCUT2D eigenvalue weighted by Gasteiger charge is -2.23. The Kier molecular flexibility index (Phi) is 3.46. The van der Waals surface area contributed by atoms with E-state index in [0.717, 1.165) is 24.1 Å². The summed E-state index contributed by atoms with van der Waals surface area (Å²) in [4.78, 5) is 18.2. The average molecular weight is 270 g/mol. The molecule has 1 heterocycles. The minimum Gasteiger partial charge on any atom is -0.308 e. The van der Waals surface area contributed by atoms with Crippen LogP contribution in [0.4, 0.5) is 10.1 Å². The maximum absolute atomic E-state index is 13.0. The zero-order chi connectivity index (χ0) is 13.9. The number of amides is 1. The summed E-state index contributed by atoms with van der Waals surface area (Å²) < 4.78 is 13.0. The van der Waals surface area contributed by atoms with Crippen LogP contribution in [0.3, 0.4) is 0 Å². The molecule has 20 heavy (non-hydrogen) atoms. The molecule has 0 bridgehead atoms. The molecule has 1 aromatic heterocycles. The lowest BCUT2D eigenvalue weighted by Crippen LogP contribution is -2.31. The fourth-order valence-electron chi connectivity index (χ4n) is 2.14. The molecule has 1 fully saturated rings. The average Bonchev–Trinajstić information content (AvgIpc) is 3.31. The molecule has 0 saturated heterocycles. The second kappa shape index (κ2) is 5.41. The zero-order valence-corrected chi connectivity index (χ0v) is 11.0. The summed E-state index contributed by atoms with van der Waals surface area (Å²) in [6, 6.07) is 9.83. The van der Waals surface area contributed by atoms with Crippen LogP contribution in [0, 0.1) is 11.7 Å². The smallest absolute Gasteiger partial charge is 0.230 e. The topological polar surface area (TPSA) is 33.2 Å². The van der Waals surface area contributed by atoms with Gasteiger partial charge in [0.15, 0.2) is 0 Å². The van der Waals surface area contributed by atoms with Crippen molar-refractivity contribution in [1.82, 2.24) is 4.98 Å². The van der Waals surface area contributed by atoms with E-state index in [1.165, 1.54) is 12.1 Å². The van der Waals surface area contributed by atoms with Crippen LogP contribution < -0.4 is 4.90 Å². The van der Waals surface area contributed by atoms with Gasteiger partial charge in [-0.1, -0.05) is 6.07 Å². The summed E-state index contributed by atoms with van der Waals surface area (Å²) in [5, 5.41) is 0. The molecule has 1 amide bonds. The second-order valence-electron chi connectivity index (χ2n) is 5.04. The van der Waals surface area contributed by atoms with Crippen molar-refractivity contribution in [3.8, 4) is 0 Å². The molecular formula is C16H15FN2O. The molecule has 1 saturated carbocycles. The van der Waals surface area contributed by atoms with Gasteiger partial charge < -0.3 is 4.90 Å². The number of benzene rings is 1. The number of hydrogen-bond donors (Lipinski definition) is 0. The fourth-order valence-corrected chi connectivity index (χ4v) is 2.14. The highest BCUT2D eigenvalue weighted by Crippen LogP contribution is 2.33. The number of aromatic nitrogens is 1. The van der Waals surface area contributed by atoms with Gasteiger partial charge in [0.05, 0.1) is 6.54 Å². The van der Waals surface area contributed by atoms with Gasteiger partial charge in [0, 0.05) is 24.0 Å². The minimum absolute atomic E-state index is 0.112. The highest BCUT2D eigenvalue weighted by Gasteiger charge is 2.34. The van der Waals surface area contributed by atoms with Crippen LogP contribution in [0.2, 0.25) is 0 Å². The summed E-state index contributed by atoms with van der Waals surface area (Å²) in [6.07, 6.45) is 5.35. The van der Waals surface area contributed by atoms with Crippen molar-refractivity contribution in [2.45, 2.75) is 19.4 Å². The molecule has 3 nitrogen and oxygen atoms in total. The van der Waals surface area contributed by atoms with Gasteiger partial charge in [-0.2, -0.15) is 0 Å². The predicted octanol–water partition coefficient (Wildman–Crippen LogP) is 3.16. The van der Waals surface area contributed by atoms with E-state index in [4.69, 9.17) is 0 Å². The third-order valence-electron chi connectivity index (χ3n) is 3.39. The molecule has 4 heteroatoms. The van der Waals surface area contributed by atoms with Crippen LogP contribution in [0.25, 0.3) is 0 Å². The minimum atomic E-state index is -0.297. The fraction of sp³-hybridized carbons (Fsp3) is 0.250. The first-order valence-corrected chi connectivity index (χ1v) is 6.70. The molecule has 102 valence electrons. The maximum Gasteiger partial charge on any atom is 0.230 e. The normalized spacial score (nSPS) is 14.1. The van der Waals surface area contributed by atoms with E-state index in [1.54, 1.807) is 29.4 Å². The number of carbonyl (C=O) groups excluding carboxylic acids is 1. The van der Waals surface area contributed by atoms with Crippen LogP contribution in [0.5, 0.6) is 0 Å².